The fourth-order valence-electron chi connectivity index (χ4n) is 0.952. The Labute approximate surface area is 103 Å². The SMILES string of the molecule is CCNC(=S)NN=Cc1cccc(Br)c1. The number of nitrogens with one attached hydrogen (secondary N) is 2. The van der Waals surface area contributed by atoms with Gasteiger partial charge in [0.25, 0.3) is 0 Å². The molecule has 0 radical (unpaired) electrons. The van der Waals surface area contributed by atoms with Gasteiger partial charge in [-0.05, 0) is 36.8 Å². The van der Waals surface area contributed by atoms with E-state index < -0.39 is 0 Å². The number of thiocarbonyl (C=S) groups is 1. The average Bonchev–Trinajstić information content (AvgIpc) is 2.18. The van der Waals surface area contributed by atoms with Gasteiger partial charge in [-0.1, -0.05) is 28.1 Å². The van der Waals surface area contributed by atoms with Crippen LogP contribution in [0.25, 0.3) is 0 Å². The molecule has 0 heterocycles. The number of hydrogen-bond donors (Lipinski definition) is 2. The lowest BCUT2D eigenvalue weighted by Crippen LogP contribution is -2.31. The van der Waals surface area contributed by atoms with E-state index in [-0.39, 0.29) is 0 Å². The van der Waals surface area contributed by atoms with Crippen molar-refractivity contribution in [1.29, 1.82) is 0 Å². The summed E-state index contributed by atoms with van der Waals surface area (Å²) in [5.74, 6) is 0. The molecule has 0 saturated heterocycles. The summed E-state index contributed by atoms with van der Waals surface area (Å²) in [4.78, 5) is 0. The maximum atomic E-state index is 4.95. The molecule has 0 saturated carbocycles. The summed E-state index contributed by atoms with van der Waals surface area (Å²) in [6.45, 7) is 2.77. The lowest BCUT2D eigenvalue weighted by Gasteiger charge is -2.02. The van der Waals surface area contributed by atoms with Crippen LogP contribution in [0.2, 0.25) is 0 Å². The first kappa shape index (κ1) is 12.1. The van der Waals surface area contributed by atoms with Crippen molar-refractivity contribution in [3.05, 3.63) is 34.3 Å². The van der Waals surface area contributed by atoms with Crippen molar-refractivity contribution < 1.29 is 0 Å². The molecule has 0 atom stereocenters. The quantitative estimate of drug-likeness (QED) is 0.508. The largest absolute Gasteiger partial charge is 0.362 e. The molecule has 0 unspecified atom stereocenters. The number of hydrogen-bond acceptors (Lipinski definition) is 2. The van der Waals surface area contributed by atoms with Gasteiger partial charge in [-0.3, -0.25) is 5.43 Å². The Balaban J connectivity index is 2.48. The number of benzene rings is 1. The Bertz CT molecular complexity index is 365. The third-order valence-corrected chi connectivity index (χ3v) is 2.29. The second-order valence-corrected chi connectivity index (χ2v) is 4.11. The van der Waals surface area contributed by atoms with E-state index in [2.05, 4.69) is 31.8 Å². The van der Waals surface area contributed by atoms with Crippen molar-refractivity contribution >= 4 is 39.5 Å². The van der Waals surface area contributed by atoms with Crippen LogP contribution in [0, 0.1) is 0 Å². The van der Waals surface area contributed by atoms with E-state index in [9.17, 15) is 0 Å². The zero-order chi connectivity index (χ0) is 11.1. The van der Waals surface area contributed by atoms with Crippen LogP contribution in [-0.4, -0.2) is 17.9 Å². The second kappa shape index (κ2) is 6.53. The van der Waals surface area contributed by atoms with E-state index in [1.165, 1.54) is 0 Å². The Morgan fingerprint density at radius 3 is 3.07 bits per heavy atom. The highest BCUT2D eigenvalue weighted by atomic mass is 79.9. The molecule has 15 heavy (non-hydrogen) atoms. The highest BCUT2D eigenvalue weighted by Gasteiger charge is 1.90. The van der Waals surface area contributed by atoms with E-state index >= 15 is 0 Å². The maximum absolute atomic E-state index is 4.95. The zero-order valence-corrected chi connectivity index (χ0v) is 10.7. The van der Waals surface area contributed by atoms with Gasteiger partial charge < -0.3 is 5.32 Å². The minimum atomic E-state index is 0.531. The van der Waals surface area contributed by atoms with Gasteiger partial charge in [-0.15, -0.1) is 0 Å². The maximum Gasteiger partial charge on any atom is 0.186 e. The van der Waals surface area contributed by atoms with Gasteiger partial charge in [-0.25, -0.2) is 0 Å². The van der Waals surface area contributed by atoms with Crippen LogP contribution < -0.4 is 10.7 Å². The molecule has 1 aromatic rings. The normalized spacial score (nSPS) is 10.3. The van der Waals surface area contributed by atoms with Crippen LogP contribution in [0.4, 0.5) is 0 Å². The van der Waals surface area contributed by atoms with Gasteiger partial charge in [0, 0.05) is 11.0 Å². The molecule has 80 valence electrons. The molecule has 0 fully saturated rings. The first-order chi connectivity index (χ1) is 7.22. The predicted octanol–water partition coefficient (Wildman–Crippen LogP) is 2.27. The summed E-state index contributed by atoms with van der Waals surface area (Å²) in [6.07, 6.45) is 1.72. The predicted molar refractivity (Wildman–Crippen MR) is 71.1 cm³/mol. The third-order valence-electron chi connectivity index (χ3n) is 1.57. The third kappa shape index (κ3) is 4.90. The summed E-state index contributed by atoms with van der Waals surface area (Å²) in [5.41, 5.74) is 3.74. The van der Waals surface area contributed by atoms with Crippen LogP contribution in [0.3, 0.4) is 0 Å². The van der Waals surface area contributed by atoms with Gasteiger partial charge in [0.1, 0.15) is 0 Å². The molecule has 0 amide bonds. The molecule has 1 rings (SSSR count). The van der Waals surface area contributed by atoms with Crippen LogP contribution in [0.15, 0.2) is 33.8 Å². The Morgan fingerprint density at radius 1 is 1.60 bits per heavy atom. The van der Waals surface area contributed by atoms with Crippen molar-refractivity contribution in [3.8, 4) is 0 Å². The molecule has 3 nitrogen and oxygen atoms in total. The van der Waals surface area contributed by atoms with E-state index in [4.69, 9.17) is 12.2 Å². The van der Waals surface area contributed by atoms with Crippen LogP contribution in [0.1, 0.15) is 12.5 Å². The second-order valence-electron chi connectivity index (χ2n) is 2.78. The fraction of sp³-hybridized carbons (Fsp3) is 0.200. The van der Waals surface area contributed by atoms with Crippen molar-refractivity contribution in [2.45, 2.75) is 6.92 Å². The summed E-state index contributed by atoms with van der Waals surface area (Å²) in [7, 11) is 0. The molecule has 0 spiro atoms. The standard InChI is InChI=1S/C10H12BrN3S/c1-2-12-10(15)14-13-7-8-4-3-5-9(11)6-8/h3-7H,2H2,1H3,(H2,12,14,15). The first-order valence-electron chi connectivity index (χ1n) is 4.55. The molecule has 2 N–H and O–H groups in total. The summed E-state index contributed by atoms with van der Waals surface area (Å²) in [6, 6.07) is 7.86. The van der Waals surface area contributed by atoms with Gasteiger partial charge in [0.15, 0.2) is 5.11 Å². The molecule has 0 bridgehead atoms. The number of rotatable bonds is 3. The molecular formula is C10H12BrN3S. The van der Waals surface area contributed by atoms with Crippen molar-refractivity contribution in [2.24, 2.45) is 5.10 Å². The Hall–Kier alpha value is -0.940. The van der Waals surface area contributed by atoms with Crippen molar-refractivity contribution in [3.63, 3.8) is 0 Å². The number of hydrazone groups is 1. The smallest absolute Gasteiger partial charge is 0.186 e. The highest BCUT2D eigenvalue weighted by molar-refractivity contribution is 9.10. The number of nitrogens with zero attached hydrogens (tertiary/aromatic N) is 1. The lowest BCUT2D eigenvalue weighted by atomic mass is 10.2. The topological polar surface area (TPSA) is 36.4 Å². The minimum Gasteiger partial charge on any atom is -0.362 e. The van der Waals surface area contributed by atoms with Crippen LogP contribution in [-0.2, 0) is 0 Å². The van der Waals surface area contributed by atoms with E-state index in [1.807, 2.05) is 31.2 Å². The van der Waals surface area contributed by atoms with Crippen LogP contribution in [0.5, 0.6) is 0 Å². The minimum absolute atomic E-state index is 0.531. The average molecular weight is 286 g/mol. The lowest BCUT2D eigenvalue weighted by molar-refractivity contribution is 0.904. The molecule has 0 aliphatic heterocycles. The monoisotopic (exact) mass is 285 g/mol. The first-order valence-corrected chi connectivity index (χ1v) is 5.75. The summed E-state index contributed by atoms with van der Waals surface area (Å²) >= 11 is 8.34. The van der Waals surface area contributed by atoms with E-state index in [1.54, 1.807) is 6.21 Å². The molecule has 0 aliphatic rings. The molecule has 5 heteroatoms. The highest BCUT2D eigenvalue weighted by Crippen LogP contribution is 2.09. The number of halogens is 1. The van der Waals surface area contributed by atoms with E-state index in [0.29, 0.717) is 5.11 Å². The molecular weight excluding hydrogens is 274 g/mol. The molecule has 0 aliphatic carbocycles. The summed E-state index contributed by atoms with van der Waals surface area (Å²) in [5, 5.41) is 7.47. The van der Waals surface area contributed by atoms with Gasteiger partial charge >= 0.3 is 0 Å². The van der Waals surface area contributed by atoms with Crippen molar-refractivity contribution in [2.75, 3.05) is 6.54 Å². The molecule has 1 aromatic carbocycles. The van der Waals surface area contributed by atoms with Gasteiger partial charge in [-0.2, -0.15) is 5.10 Å². The van der Waals surface area contributed by atoms with Gasteiger partial charge in [0.2, 0.25) is 0 Å². The summed E-state index contributed by atoms with van der Waals surface area (Å²) < 4.78 is 1.03. The van der Waals surface area contributed by atoms with Gasteiger partial charge in [0.05, 0.1) is 6.21 Å². The Kier molecular flexibility index (Phi) is 5.28. The van der Waals surface area contributed by atoms with Crippen molar-refractivity contribution in [1.82, 2.24) is 10.7 Å². The Morgan fingerprint density at radius 2 is 2.40 bits per heavy atom. The van der Waals surface area contributed by atoms with Crippen LogP contribution >= 0.6 is 28.1 Å². The zero-order valence-electron chi connectivity index (χ0n) is 8.33. The fourth-order valence-corrected chi connectivity index (χ4v) is 1.57. The molecule has 0 aromatic heterocycles. The van der Waals surface area contributed by atoms with E-state index in [0.717, 1.165) is 16.6 Å².